The molecule has 0 unspecified atom stereocenters. The molecule has 0 bridgehead atoms. The van der Waals surface area contributed by atoms with Gasteiger partial charge in [-0.2, -0.15) is 0 Å². The fourth-order valence-electron chi connectivity index (χ4n) is 3.91. The van der Waals surface area contributed by atoms with Crippen LogP contribution in [0.3, 0.4) is 0 Å². The number of benzene rings is 4. The van der Waals surface area contributed by atoms with E-state index < -0.39 is 21.9 Å². The Hall–Kier alpha value is -3.70. The first-order chi connectivity index (χ1) is 18.2. The lowest BCUT2D eigenvalue weighted by molar-refractivity contribution is -0.117. The highest BCUT2D eigenvalue weighted by Crippen LogP contribution is 2.28. The summed E-state index contributed by atoms with van der Waals surface area (Å²) in [5.41, 5.74) is 3.33. The second-order valence-corrected chi connectivity index (χ2v) is 11.9. The summed E-state index contributed by atoms with van der Waals surface area (Å²) in [5, 5.41) is 8.41. The molecule has 4 aromatic carbocycles. The minimum Gasteiger partial charge on any atom is -0.326 e. The van der Waals surface area contributed by atoms with Gasteiger partial charge >= 0.3 is 6.03 Å². The van der Waals surface area contributed by atoms with Gasteiger partial charge in [0.05, 0.1) is 4.90 Å². The first-order valence-corrected chi connectivity index (χ1v) is 14.7. The molecule has 0 aliphatic heterocycles. The van der Waals surface area contributed by atoms with Crippen molar-refractivity contribution in [3.05, 3.63) is 112 Å². The van der Waals surface area contributed by atoms with Crippen LogP contribution in [0.4, 0.5) is 16.2 Å². The number of carbonyl (C=O) groups is 2. The molecule has 0 saturated heterocycles. The van der Waals surface area contributed by atoms with Gasteiger partial charge in [-0.25, -0.2) is 13.2 Å². The van der Waals surface area contributed by atoms with Crippen molar-refractivity contribution in [1.82, 2.24) is 5.32 Å². The summed E-state index contributed by atoms with van der Waals surface area (Å²) in [4.78, 5) is 26.2. The number of urea groups is 1. The first-order valence-electron chi connectivity index (χ1n) is 11.8. The van der Waals surface area contributed by atoms with Crippen molar-refractivity contribution in [3.8, 4) is 11.1 Å². The van der Waals surface area contributed by atoms with Crippen molar-refractivity contribution in [2.75, 3.05) is 16.9 Å². The van der Waals surface area contributed by atoms with Crippen LogP contribution < -0.4 is 16.0 Å². The standard InChI is InChI=1S/C29H26IN3O4S/c1-38(36,37)27-10-6-5-9-25(27)21-11-15-23(16-12-21)31-28(34)26(19-20-7-3-2-4-8-20)33-29(35)32-24-17-13-22(30)14-18-24/h2-18,26H,19H2,1H3,(H,31,34)(H2,32,33,35)/t26-/m0/s1. The molecule has 7 nitrogen and oxygen atoms in total. The number of halogens is 1. The van der Waals surface area contributed by atoms with Gasteiger partial charge in [0.25, 0.3) is 0 Å². The molecule has 0 fully saturated rings. The SMILES string of the molecule is CS(=O)(=O)c1ccccc1-c1ccc(NC(=O)[C@H](Cc2ccccc2)NC(=O)Nc2ccc(I)cc2)cc1. The molecule has 0 aromatic heterocycles. The first kappa shape index (κ1) is 27.3. The fraction of sp³-hybridized carbons (Fsp3) is 0.103. The van der Waals surface area contributed by atoms with E-state index in [2.05, 4.69) is 38.5 Å². The van der Waals surface area contributed by atoms with Crippen LogP contribution in [0.25, 0.3) is 11.1 Å². The molecule has 0 heterocycles. The van der Waals surface area contributed by atoms with Gasteiger partial charge in [-0.1, -0.05) is 60.7 Å². The molecule has 194 valence electrons. The van der Waals surface area contributed by atoms with E-state index in [1.165, 1.54) is 6.26 Å². The number of nitrogens with one attached hydrogen (secondary N) is 3. The Morgan fingerprint density at radius 3 is 2.00 bits per heavy atom. The maximum absolute atomic E-state index is 13.3. The monoisotopic (exact) mass is 639 g/mol. The number of amides is 3. The largest absolute Gasteiger partial charge is 0.326 e. The van der Waals surface area contributed by atoms with E-state index in [1.807, 2.05) is 42.5 Å². The lowest BCUT2D eigenvalue weighted by Crippen LogP contribution is -2.46. The molecular formula is C29H26IN3O4S. The van der Waals surface area contributed by atoms with Crippen molar-refractivity contribution >= 4 is 55.7 Å². The molecule has 0 aliphatic rings. The molecule has 4 aromatic rings. The molecule has 0 saturated carbocycles. The Morgan fingerprint density at radius 2 is 1.34 bits per heavy atom. The van der Waals surface area contributed by atoms with Gasteiger partial charge in [0.15, 0.2) is 9.84 Å². The number of rotatable bonds is 8. The predicted octanol–water partition coefficient (Wildman–Crippen LogP) is 5.73. The smallest absolute Gasteiger partial charge is 0.319 e. The Labute approximate surface area is 235 Å². The maximum Gasteiger partial charge on any atom is 0.319 e. The number of anilines is 2. The summed E-state index contributed by atoms with van der Waals surface area (Å²) in [5.74, 6) is -0.379. The predicted molar refractivity (Wildman–Crippen MR) is 159 cm³/mol. The summed E-state index contributed by atoms with van der Waals surface area (Å²) < 4.78 is 25.4. The third-order valence-electron chi connectivity index (χ3n) is 5.76. The van der Waals surface area contributed by atoms with Crippen molar-refractivity contribution in [1.29, 1.82) is 0 Å². The summed E-state index contributed by atoms with van der Waals surface area (Å²) in [7, 11) is -3.40. The van der Waals surface area contributed by atoms with Gasteiger partial charge in [0.2, 0.25) is 5.91 Å². The van der Waals surface area contributed by atoms with Gasteiger partial charge < -0.3 is 16.0 Å². The Bertz CT molecular complexity index is 1520. The van der Waals surface area contributed by atoms with E-state index in [0.717, 1.165) is 9.13 Å². The van der Waals surface area contributed by atoms with E-state index in [0.29, 0.717) is 28.9 Å². The number of sulfone groups is 1. The normalized spacial score (nSPS) is 11.8. The zero-order valence-electron chi connectivity index (χ0n) is 20.5. The van der Waals surface area contributed by atoms with Crippen LogP contribution in [-0.2, 0) is 21.1 Å². The van der Waals surface area contributed by atoms with E-state index >= 15 is 0 Å². The van der Waals surface area contributed by atoms with Crippen LogP contribution in [0.2, 0.25) is 0 Å². The summed E-state index contributed by atoms with van der Waals surface area (Å²) in [6.07, 6.45) is 1.47. The molecular weight excluding hydrogens is 613 g/mol. The van der Waals surface area contributed by atoms with Crippen LogP contribution in [0.1, 0.15) is 5.56 Å². The van der Waals surface area contributed by atoms with Gasteiger partial charge in [-0.05, 0) is 76.2 Å². The molecule has 3 N–H and O–H groups in total. The fourth-order valence-corrected chi connectivity index (χ4v) is 5.18. The van der Waals surface area contributed by atoms with E-state index in [4.69, 9.17) is 0 Å². The second kappa shape index (κ2) is 12.2. The quantitative estimate of drug-likeness (QED) is 0.214. The van der Waals surface area contributed by atoms with E-state index in [9.17, 15) is 18.0 Å². The molecule has 4 rings (SSSR count). The van der Waals surface area contributed by atoms with Gasteiger partial charge in [0, 0.05) is 33.2 Å². The van der Waals surface area contributed by atoms with Crippen molar-refractivity contribution < 1.29 is 18.0 Å². The second-order valence-electron chi connectivity index (χ2n) is 8.68. The highest BCUT2D eigenvalue weighted by molar-refractivity contribution is 14.1. The topological polar surface area (TPSA) is 104 Å². The minimum atomic E-state index is -3.40. The van der Waals surface area contributed by atoms with Crippen molar-refractivity contribution in [3.63, 3.8) is 0 Å². The van der Waals surface area contributed by atoms with Gasteiger partial charge in [-0.3, -0.25) is 4.79 Å². The van der Waals surface area contributed by atoms with Crippen molar-refractivity contribution in [2.24, 2.45) is 0 Å². The Morgan fingerprint density at radius 1 is 0.763 bits per heavy atom. The summed E-state index contributed by atoms with van der Waals surface area (Å²) in [6, 6.07) is 29.1. The van der Waals surface area contributed by atoms with Crippen LogP contribution in [-0.4, -0.2) is 32.7 Å². The van der Waals surface area contributed by atoms with E-state index in [-0.39, 0.29) is 10.8 Å². The summed E-state index contributed by atoms with van der Waals surface area (Å²) in [6.45, 7) is 0. The number of hydrogen-bond donors (Lipinski definition) is 3. The molecule has 3 amide bonds. The van der Waals surface area contributed by atoms with Crippen molar-refractivity contribution in [2.45, 2.75) is 17.4 Å². The van der Waals surface area contributed by atoms with Gasteiger partial charge in [0.1, 0.15) is 6.04 Å². The minimum absolute atomic E-state index is 0.239. The zero-order valence-corrected chi connectivity index (χ0v) is 23.5. The summed E-state index contributed by atoms with van der Waals surface area (Å²) >= 11 is 2.18. The Kier molecular flexibility index (Phi) is 8.80. The number of carbonyl (C=O) groups excluding carboxylic acids is 2. The average molecular weight is 640 g/mol. The lowest BCUT2D eigenvalue weighted by atomic mass is 10.0. The highest BCUT2D eigenvalue weighted by atomic mass is 127. The Balaban J connectivity index is 1.50. The molecule has 38 heavy (non-hydrogen) atoms. The molecule has 0 aliphatic carbocycles. The third kappa shape index (κ3) is 7.42. The zero-order chi connectivity index (χ0) is 27.1. The third-order valence-corrected chi connectivity index (χ3v) is 7.63. The molecule has 1 atom stereocenters. The van der Waals surface area contributed by atoms with Crippen LogP contribution >= 0.6 is 22.6 Å². The highest BCUT2D eigenvalue weighted by Gasteiger charge is 2.22. The van der Waals surface area contributed by atoms with Gasteiger partial charge in [-0.15, -0.1) is 0 Å². The van der Waals surface area contributed by atoms with Crippen LogP contribution in [0, 0.1) is 3.57 Å². The molecule has 9 heteroatoms. The molecule has 0 radical (unpaired) electrons. The van der Waals surface area contributed by atoms with Crippen LogP contribution in [0.5, 0.6) is 0 Å². The van der Waals surface area contributed by atoms with E-state index in [1.54, 1.807) is 60.7 Å². The number of hydrogen-bond acceptors (Lipinski definition) is 4. The lowest BCUT2D eigenvalue weighted by Gasteiger charge is -2.19. The maximum atomic E-state index is 13.3. The van der Waals surface area contributed by atoms with Crippen LogP contribution in [0.15, 0.2) is 108 Å². The molecule has 0 spiro atoms. The average Bonchev–Trinajstić information content (AvgIpc) is 2.90.